The highest BCUT2D eigenvalue weighted by Crippen LogP contribution is 2.22. The molecule has 1 atom stereocenters. The average Bonchev–Trinajstić information content (AvgIpc) is 2.63. The van der Waals surface area contributed by atoms with Gasteiger partial charge in [0.15, 0.2) is 0 Å². The molecule has 0 radical (unpaired) electrons. The monoisotopic (exact) mass is 341 g/mol. The van der Waals surface area contributed by atoms with Gasteiger partial charge in [0.1, 0.15) is 5.75 Å². The lowest BCUT2D eigenvalue weighted by Gasteiger charge is -2.16. The molecule has 0 aliphatic rings. The van der Waals surface area contributed by atoms with E-state index in [1.165, 1.54) is 13.2 Å². The van der Waals surface area contributed by atoms with E-state index in [0.717, 1.165) is 17.5 Å². The second kappa shape index (κ2) is 8.87. The zero-order chi connectivity index (χ0) is 18.2. The Morgan fingerprint density at radius 3 is 2.48 bits per heavy atom. The topological polar surface area (TPSA) is 75.6 Å². The van der Waals surface area contributed by atoms with Gasteiger partial charge in [-0.15, -0.1) is 0 Å². The highest BCUT2D eigenvalue weighted by molar-refractivity contribution is 5.88. The molecule has 2 rings (SSSR count). The minimum atomic E-state index is -0.994. The van der Waals surface area contributed by atoms with Crippen molar-refractivity contribution in [1.29, 1.82) is 0 Å². The smallest absolute Gasteiger partial charge is 0.335 e. The molecule has 5 nitrogen and oxygen atoms in total. The van der Waals surface area contributed by atoms with Gasteiger partial charge in [0.25, 0.3) is 0 Å². The molecule has 5 heteroatoms. The van der Waals surface area contributed by atoms with Crippen molar-refractivity contribution in [3.05, 3.63) is 65.2 Å². The first kappa shape index (κ1) is 18.5. The first-order valence-electron chi connectivity index (χ1n) is 8.29. The van der Waals surface area contributed by atoms with E-state index in [9.17, 15) is 9.59 Å². The van der Waals surface area contributed by atoms with Crippen molar-refractivity contribution >= 4 is 11.9 Å². The molecule has 0 saturated carbocycles. The molecule has 0 saturated heterocycles. The Balaban J connectivity index is 1.98. The Hall–Kier alpha value is -2.82. The summed E-state index contributed by atoms with van der Waals surface area (Å²) in [7, 11) is 1.51. The Labute approximate surface area is 147 Å². The normalized spacial score (nSPS) is 11.6. The van der Waals surface area contributed by atoms with Crippen molar-refractivity contribution in [2.75, 3.05) is 13.7 Å². The molecule has 2 aromatic rings. The molecule has 2 N–H and O–H groups in total. The van der Waals surface area contributed by atoms with Crippen LogP contribution >= 0.6 is 0 Å². The van der Waals surface area contributed by atoms with Crippen LogP contribution in [0, 0.1) is 0 Å². The Morgan fingerprint density at radius 2 is 1.88 bits per heavy atom. The van der Waals surface area contributed by atoms with Gasteiger partial charge in [-0.1, -0.05) is 43.3 Å². The number of methoxy groups -OCH3 is 1. The fourth-order valence-corrected chi connectivity index (χ4v) is 2.79. The maximum atomic E-state index is 12.4. The maximum Gasteiger partial charge on any atom is 0.335 e. The lowest BCUT2D eigenvalue weighted by Crippen LogP contribution is -2.30. The third kappa shape index (κ3) is 4.83. The van der Waals surface area contributed by atoms with E-state index in [4.69, 9.17) is 9.84 Å². The average molecular weight is 341 g/mol. The van der Waals surface area contributed by atoms with E-state index in [1.54, 1.807) is 12.1 Å². The zero-order valence-electron chi connectivity index (χ0n) is 14.5. The number of aromatic carboxylic acids is 1. The summed E-state index contributed by atoms with van der Waals surface area (Å²) < 4.78 is 5.26. The molecule has 1 amide bonds. The number of amides is 1. The summed E-state index contributed by atoms with van der Waals surface area (Å²) in [5, 5.41) is 12.0. The zero-order valence-corrected chi connectivity index (χ0v) is 14.5. The fourth-order valence-electron chi connectivity index (χ4n) is 2.79. The van der Waals surface area contributed by atoms with Gasteiger partial charge in [0.2, 0.25) is 5.91 Å². The predicted octanol–water partition coefficient (Wildman–Crippen LogP) is 3.25. The molecule has 0 aliphatic carbocycles. The van der Waals surface area contributed by atoms with Crippen molar-refractivity contribution < 1.29 is 19.4 Å². The predicted molar refractivity (Wildman–Crippen MR) is 96.1 cm³/mol. The van der Waals surface area contributed by atoms with Crippen LogP contribution in [-0.2, 0) is 11.2 Å². The Kier molecular flexibility index (Phi) is 6.57. The van der Waals surface area contributed by atoms with Crippen LogP contribution in [0.5, 0.6) is 5.75 Å². The van der Waals surface area contributed by atoms with Gasteiger partial charge in [-0.25, -0.2) is 4.79 Å². The number of benzene rings is 2. The van der Waals surface area contributed by atoms with Gasteiger partial charge in [-0.3, -0.25) is 4.79 Å². The third-order valence-electron chi connectivity index (χ3n) is 4.15. The lowest BCUT2D eigenvalue weighted by molar-refractivity contribution is -0.122. The van der Waals surface area contributed by atoms with Crippen LogP contribution in [0.15, 0.2) is 48.5 Å². The van der Waals surface area contributed by atoms with E-state index >= 15 is 0 Å². The molecule has 132 valence electrons. The van der Waals surface area contributed by atoms with Gasteiger partial charge in [0, 0.05) is 6.54 Å². The van der Waals surface area contributed by atoms with E-state index in [-0.39, 0.29) is 17.4 Å². The summed E-state index contributed by atoms with van der Waals surface area (Å²) in [4.78, 5) is 23.5. The standard InChI is InChI=1S/C20H23NO4/c1-3-17(14-7-5-4-6-8-14)19(22)21-12-11-15-9-10-16(20(23)24)13-18(15)25-2/h4-10,13,17H,3,11-12H2,1-2H3,(H,21,22)(H,23,24). The van der Waals surface area contributed by atoms with Crippen LogP contribution < -0.4 is 10.1 Å². The lowest BCUT2D eigenvalue weighted by atomic mass is 9.95. The van der Waals surface area contributed by atoms with Crippen LogP contribution in [0.3, 0.4) is 0 Å². The quantitative estimate of drug-likeness (QED) is 0.773. The van der Waals surface area contributed by atoms with Gasteiger partial charge in [-0.2, -0.15) is 0 Å². The van der Waals surface area contributed by atoms with Crippen molar-refractivity contribution in [3.8, 4) is 5.75 Å². The summed E-state index contributed by atoms with van der Waals surface area (Å²) in [5.41, 5.74) is 2.05. The van der Waals surface area contributed by atoms with E-state index in [2.05, 4.69) is 5.32 Å². The highest BCUT2D eigenvalue weighted by atomic mass is 16.5. The molecule has 25 heavy (non-hydrogen) atoms. The molecule has 0 heterocycles. The van der Waals surface area contributed by atoms with E-state index in [0.29, 0.717) is 18.7 Å². The van der Waals surface area contributed by atoms with Gasteiger partial charge >= 0.3 is 5.97 Å². The molecule has 0 bridgehead atoms. The molecular formula is C20H23NO4. The second-order valence-corrected chi connectivity index (χ2v) is 5.74. The minimum Gasteiger partial charge on any atom is -0.496 e. The summed E-state index contributed by atoms with van der Waals surface area (Å²) in [6, 6.07) is 14.5. The number of hydrogen-bond acceptors (Lipinski definition) is 3. The number of rotatable bonds is 8. The van der Waals surface area contributed by atoms with E-state index < -0.39 is 5.97 Å². The SMILES string of the molecule is CCC(C(=O)NCCc1ccc(C(=O)O)cc1OC)c1ccccc1. The number of carbonyl (C=O) groups is 2. The van der Waals surface area contributed by atoms with Gasteiger partial charge in [-0.05, 0) is 36.1 Å². The first-order chi connectivity index (χ1) is 12.1. The van der Waals surface area contributed by atoms with Crippen LogP contribution in [0.1, 0.15) is 40.7 Å². The largest absolute Gasteiger partial charge is 0.496 e. The highest BCUT2D eigenvalue weighted by Gasteiger charge is 2.18. The van der Waals surface area contributed by atoms with Crippen LogP contribution in [0.25, 0.3) is 0 Å². The number of carboxylic acids is 1. The number of carbonyl (C=O) groups excluding carboxylic acids is 1. The summed E-state index contributed by atoms with van der Waals surface area (Å²) in [6.07, 6.45) is 1.30. The fraction of sp³-hybridized carbons (Fsp3) is 0.300. The molecule has 0 aromatic heterocycles. The summed E-state index contributed by atoms with van der Waals surface area (Å²) in [5.74, 6) is -0.650. The summed E-state index contributed by atoms with van der Waals surface area (Å²) >= 11 is 0. The Bertz CT molecular complexity index is 728. The summed E-state index contributed by atoms with van der Waals surface area (Å²) in [6.45, 7) is 2.45. The molecule has 2 aromatic carbocycles. The molecule has 0 fully saturated rings. The van der Waals surface area contributed by atoms with Crippen LogP contribution in [-0.4, -0.2) is 30.6 Å². The second-order valence-electron chi connectivity index (χ2n) is 5.74. The van der Waals surface area contributed by atoms with Crippen molar-refractivity contribution in [3.63, 3.8) is 0 Å². The molecule has 0 aliphatic heterocycles. The molecule has 0 spiro atoms. The molecular weight excluding hydrogens is 318 g/mol. The van der Waals surface area contributed by atoms with Gasteiger partial charge in [0.05, 0.1) is 18.6 Å². The van der Waals surface area contributed by atoms with Crippen LogP contribution in [0.2, 0.25) is 0 Å². The molecule has 1 unspecified atom stereocenters. The van der Waals surface area contributed by atoms with Crippen molar-refractivity contribution in [2.45, 2.75) is 25.7 Å². The number of nitrogens with one attached hydrogen (secondary N) is 1. The maximum absolute atomic E-state index is 12.4. The minimum absolute atomic E-state index is 0.00479. The van der Waals surface area contributed by atoms with E-state index in [1.807, 2.05) is 37.3 Å². The first-order valence-corrected chi connectivity index (χ1v) is 8.29. The van der Waals surface area contributed by atoms with Gasteiger partial charge < -0.3 is 15.2 Å². The number of hydrogen-bond donors (Lipinski definition) is 2. The third-order valence-corrected chi connectivity index (χ3v) is 4.15. The Morgan fingerprint density at radius 1 is 1.16 bits per heavy atom. The van der Waals surface area contributed by atoms with Crippen LogP contribution in [0.4, 0.5) is 0 Å². The van der Waals surface area contributed by atoms with Crippen molar-refractivity contribution in [1.82, 2.24) is 5.32 Å². The van der Waals surface area contributed by atoms with Crippen molar-refractivity contribution in [2.24, 2.45) is 0 Å². The number of ether oxygens (including phenoxy) is 1. The number of carboxylic acid groups (broad SMARTS) is 1.